The molecule has 4 aromatic rings. The number of Topliss-reactive ketones (excluding diaryl/α,β-unsaturated/α-hetero) is 1. The monoisotopic (exact) mass is 532 g/mol. The normalized spacial score (nSPS) is 17.9. The number of rotatable bonds is 5. The zero-order chi connectivity index (χ0) is 26.6. The number of nitrogens with zero attached hydrogens (tertiary/aromatic N) is 1. The Kier molecular flexibility index (Phi) is 5.65. The Hall–Kier alpha value is -4.63. The maximum absolute atomic E-state index is 13.6. The van der Waals surface area contributed by atoms with Crippen LogP contribution in [0.5, 0.6) is 23.0 Å². The highest BCUT2D eigenvalue weighted by atomic mass is 35.5. The number of fused-ring (bicyclic) bond motifs is 2. The molecule has 3 aromatic carbocycles. The number of aliphatic hydroxyl groups excluding tert-OH is 1. The number of anilines is 1. The summed E-state index contributed by atoms with van der Waals surface area (Å²) < 4.78 is 21.6. The van der Waals surface area contributed by atoms with E-state index in [-0.39, 0.29) is 28.7 Å². The average Bonchev–Trinajstić information content (AvgIpc) is 3.64. The molecule has 2 N–H and O–H groups in total. The minimum Gasteiger partial charge on any atom is -0.507 e. The van der Waals surface area contributed by atoms with Crippen LogP contribution in [0.25, 0.3) is 16.7 Å². The lowest BCUT2D eigenvalue weighted by molar-refractivity contribution is -0.132. The first-order valence-corrected chi connectivity index (χ1v) is 12.0. The van der Waals surface area contributed by atoms with Crippen molar-refractivity contribution in [2.24, 2.45) is 0 Å². The summed E-state index contributed by atoms with van der Waals surface area (Å²) in [5, 5.41) is 12.6. The summed E-state index contributed by atoms with van der Waals surface area (Å²) in [6.07, 6.45) is 1.73. The van der Waals surface area contributed by atoms with Crippen LogP contribution in [0.3, 0.4) is 0 Å². The first-order valence-electron chi connectivity index (χ1n) is 11.6. The van der Waals surface area contributed by atoms with Crippen molar-refractivity contribution in [3.63, 3.8) is 0 Å². The van der Waals surface area contributed by atoms with Crippen LogP contribution < -0.4 is 23.8 Å². The summed E-state index contributed by atoms with van der Waals surface area (Å²) in [4.78, 5) is 31.7. The Balaban J connectivity index is 1.61. The lowest BCUT2D eigenvalue weighted by Crippen LogP contribution is -2.29. The van der Waals surface area contributed by atoms with E-state index in [0.29, 0.717) is 28.5 Å². The Morgan fingerprint density at radius 3 is 2.58 bits per heavy atom. The number of aromatic nitrogens is 1. The second-order valence-corrected chi connectivity index (χ2v) is 9.09. The van der Waals surface area contributed by atoms with Gasteiger partial charge >= 0.3 is 0 Å². The molecule has 0 spiro atoms. The van der Waals surface area contributed by atoms with Crippen molar-refractivity contribution in [2.45, 2.75) is 6.04 Å². The van der Waals surface area contributed by atoms with E-state index in [2.05, 4.69) is 4.98 Å². The number of carbonyl (C=O) groups excluding carboxylic acids is 2. The van der Waals surface area contributed by atoms with Gasteiger partial charge < -0.3 is 29.0 Å². The van der Waals surface area contributed by atoms with Crippen LogP contribution in [0.4, 0.5) is 5.69 Å². The number of ketones is 1. The van der Waals surface area contributed by atoms with Gasteiger partial charge in [0.05, 0.1) is 36.4 Å². The van der Waals surface area contributed by atoms with Gasteiger partial charge in [0.25, 0.3) is 11.7 Å². The highest BCUT2D eigenvalue weighted by Gasteiger charge is 2.48. The van der Waals surface area contributed by atoms with Gasteiger partial charge in [-0.15, -0.1) is 0 Å². The van der Waals surface area contributed by atoms with E-state index in [1.165, 1.54) is 31.3 Å². The number of carbonyl (C=O) groups is 2. The minimum atomic E-state index is -0.975. The van der Waals surface area contributed by atoms with Gasteiger partial charge in [0.1, 0.15) is 17.3 Å². The van der Waals surface area contributed by atoms with Crippen molar-refractivity contribution >= 4 is 45.6 Å². The fourth-order valence-corrected chi connectivity index (χ4v) is 5.18. The molecule has 0 saturated carbocycles. The van der Waals surface area contributed by atoms with Crippen molar-refractivity contribution in [3.8, 4) is 23.0 Å². The number of H-pyrrole nitrogens is 1. The van der Waals surface area contributed by atoms with E-state index in [0.717, 1.165) is 10.9 Å². The quantitative estimate of drug-likeness (QED) is 0.207. The third-order valence-corrected chi connectivity index (χ3v) is 7.02. The molecule has 6 rings (SSSR count). The number of para-hydroxylation sites is 1. The minimum absolute atomic E-state index is 0.0570. The van der Waals surface area contributed by atoms with E-state index in [1.807, 2.05) is 24.3 Å². The van der Waals surface area contributed by atoms with Crippen molar-refractivity contribution < 1.29 is 33.6 Å². The molecule has 192 valence electrons. The molecule has 0 radical (unpaired) electrons. The van der Waals surface area contributed by atoms with Gasteiger partial charge in [0, 0.05) is 40.5 Å². The SMILES string of the molecule is COc1cc(OC)c(/C(O)=C2\C(=O)C(=O)N(c3ccc4c(c3)OCO4)C2c2c[nH]c3ccccc23)cc1Cl. The smallest absolute Gasteiger partial charge is 0.300 e. The first-order chi connectivity index (χ1) is 18.4. The molecule has 1 atom stereocenters. The van der Waals surface area contributed by atoms with Gasteiger partial charge in [-0.3, -0.25) is 14.5 Å². The van der Waals surface area contributed by atoms with E-state index in [1.54, 1.807) is 24.4 Å². The molecule has 1 aromatic heterocycles. The fourth-order valence-electron chi connectivity index (χ4n) is 4.94. The summed E-state index contributed by atoms with van der Waals surface area (Å²) >= 11 is 6.36. The number of nitrogens with one attached hydrogen (secondary N) is 1. The lowest BCUT2D eigenvalue weighted by Gasteiger charge is -2.25. The molecule has 3 heterocycles. The highest BCUT2D eigenvalue weighted by molar-refractivity contribution is 6.52. The summed E-state index contributed by atoms with van der Waals surface area (Å²) in [6, 6.07) is 14.5. The zero-order valence-electron chi connectivity index (χ0n) is 20.3. The Bertz CT molecular complexity index is 1660. The van der Waals surface area contributed by atoms with E-state index in [4.69, 9.17) is 30.5 Å². The van der Waals surface area contributed by atoms with Gasteiger partial charge in [-0.2, -0.15) is 0 Å². The van der Waals surface area contributed by atoms with Crippen molar-refractivity contribution in [2.75, 3.05) is 25.9 Å². The third-order valence-electron chi connectivity index (χ3n) is 6.72. The van der Waals surface area contributed by atoms with Crippen LogP contribution in [0.2, 0.25) is 5.02 Å². The molecule has 2 aliphatic heterocycles. The third kappa shape index (κ3) is 3.54. The van der Waals surface area contributed by atoms with Crippen molar-refractivity contribution in [1.82, 2.24) is 4.98 Å². The Labute approximate surface area is 221 Å². The summed E-state index contributed by atoms with van der Waals surface area (Å²) in [5.74, 6) is -0.561. The molecule has 10 heteroatoms. The topological polar surface area (TPSA) is 110 Å². The van der Waals surface area contributed by atoms with Gasteiger partial charge in [-0.05, 0) is 24.3 Å². The molecule has 1 saturated heterocycles. The second-order valence-electron chi connectivity index (χ2n) is 8.68. The van der Waals surface area contributed by atoms with E-state index in [9.17, 15) is 14.7 Å². The number of methoxy groups -OCH3 is 2. The molecule has 0 bridgehead atoms. The summed E-state index contributed by atoms with van der Waals surface area (Å²) in [5.41, 5.74) is 1.87. The van der Waals surface area contributed by atoms with Crippen LogP contribution in [0, 0.1) is 0 Å². The van der Waals surface area contributed by atoms with Crippen LogP contribution in [-0.2, 0) is 9.59 Å². The highest BCUT2D eigenvalue weighted by Crippen LogP contribution is 2.47. The number of hydrogen-bond acceptors (Lipinski definition) is 7. The van der Waals surface area contributed by atoms with Gasteiger partial charge in [-0.1, -0.05) is 29.8 Å². The molecule has 2 aliphatic rings. The second kappa shape index (κ2) is 9.04. The van der Waals surface area contributed by atoms with Crippen LogP contribution >= 0.6 is 11.6 Å². The predicted octanol–water partition coefficient (Wildman–Crippen LogP) is 5.19. The number of aliphatic hydroxyl groups is 1. The molecule has 1 fully saturated rings. The summed E-state index contributed by atoms with van der Waals surface area (Å²) in [7, 11) is 2.87. The molecular weight excluding hydrogens is 512 g/mol. The maximum atomic E-state index is 13.6. The zero-order valence-corrected chi connectivity index (χ0v) is 21.0. The van der Waals surface area contributed by atoms with Gasteiger partial charge in [0.2, 0.25) is 6.79 Å². The molecule has 9 nitrogen and oxygen atoms in total. The maximum Gasteiger partial charge on any atom is 0.300 e. The predicted molar refractivity (Wildman–Crippen MR) is 140 cm³/mol. The molecule has 0 aliphatic carbocycles. The van der Waals surface area contributed by atoms with E-state index < -0.39 is 23.5 Å². The first kappa shape index (κ1) is 23.7. The number of amides is 1. The number of ether oxygens (including phenoxy) is 4. The van der Waals surface area contributed by atoms with Crippen molar-refractivity contribution in [1.29, 1.82) is 0 Å². The van der Waals surface area contributed by atoms with Crippen molar-refractivity contribution in [3.05, 3.63) is 82.5 Å². The molecule has 1 unspecified atom stereocenters. The molecule has 1 amide bonds. The molecular formula is C28H21ClN2O7. The number of aromatic amines is 1. The largest absolute Gasteiger partial charge is 0.507 e. The lowest BCUT2D eigenvalue weighted by atomic mass is 9.94. The fraction of sp³-hybridized carbons (Fsp3) is 0.143. The number of halogens is 1. The van der Waals surface area contributed by atoms with Crippen LogP contribution in [0.15, 0.2) is 66.4 Å². The Morgan fingerprint density at radius 1 is 1.03 bits per heavy atom. The van der Waals surface area contributed by atoms with Gasteiger partial charge in [-0.25, -0.2) is 0 Å². The molecule has 38 heavy (non-hydrogen) atoms. The van der Waals surface area contributed by atoms with E-state index >= 15 is 0 Å². The van der Waals surface area contributed by atoms with Gasteiger partial charge in [0.15, 0.2) is 11.5 Å². The Morgan fingerprint density at radius 2 is 1.79 bits per heavy atom. The summed E-state index contributed by atoms with van der Waals surface area (Å²) in [6.45, 7) is 0.0570. The van der Waals surface area contributed by atoms with Crippen LogP contribution in [-0.4, -0.2) is 42.8 Å². The number of hydrogen-bond donors (Lipinski definition) is 2. The standard InChI is InChI=1S/C28H21ClN2O7/c1-35-21-11-22(36-2)18(29)10-16(21)26(32)24-25(17-12-30-19-6-4-3-5-15(17)19)31(28(34)27(24)33)14-7-8-20-23(9-14)38-13-37-20/h3-12,25,30,32H,13H2,1-2H3/b26-24+. The number of benzene rings is 3. The van der Waals surface area contributed by atoms with Crippen LogP contribution in [0.1, 0.15) is 17.2 Å². The average molecular weight is 533 g/mol.